The molecule has 112 valence electrons. The minimum absolute atomic E-state index is 0.0394. The summed E-state index contributed by atoms with van der Waals surface area (Å²) in [4.78, 5) is 13.4. The number of urea groups is 1. The lowest BCUT2D eigenvalue weighted by molar-refractivity contribution is 0.204. The van der Waals surface area contributed by atoms with E-state index in [2.05, 4.69) is 18.3 Å². The van der Waals surface area contributed by atoms with Gasteiger partial charge in [0, 0.05) is 13.6 Å². The van der Waals surface area contributed by atoms with Crippen LogP contribution < -0.4 is 10.1 Å². The first-order valence-corrected chi connectivity index (χ1v) is 7.23. The Hall–Kier alpha value is -1.71. The normalized spacial score (nSPS) is 10.2. The summed E-state index contributed by atoms with van der Waals surface area (Å²) in [6.07, 6.45) is 2.12. The number of nitrogens with one attached hydrogen (secondary N) is 1. The quantitative estimate of drug-likeness (QED) is 0.779. The molecule has 0 unspecified atom stereocenters. The molecule has 1 aromatic rings. The Kier molecular flexibility index (Phi) is 6.91. The maximum Gasteiger partial charge on any atom is 0.317 e. The Morgan fingerprint density at radius 3 is 2.50 bits per heavy atom. The Morgan fingerprint density at radius 1 is 1.25 bits per heavy atom. The van der Waals surface area contributed by atoms with Crippen LogP contribution in [0.25, 0.3) is 0 Å². The molecular weight excluding hydrogens is 252 g/mol. The molecule has 0 radical (unpaired) electrons. The molecule has 20 heavy (non-hydrogen) atoms. The van der Waals surface area contributed by atoms with Crippen LogP contribution in [-0.2, 0) is 0 Å². The highest BCUT2D eigenvalue weighted by Crippen LogP contribution is 2.15. The highest BCUT2D eigenvalue weighted by atomic mass is 16.5. The van der Waals surface area contributed by atoms with Crippen molar-refractivity contribution in [2.45, 2.75) is 33.6 Å². The van der Waals surface area contributed by atoms with E-state index in [1.807, 2.05) is 33.0 Å². The van der Waals surface area contributed by atoms with Crippen LogP contribution in [0.2, 0.25) is 0 Å². The van der Waals surface area contributed by atoms with Gasteiger partial charge in [-0.1, -0.05) is 19.4 Å². The van der Waals surface area contributed by atoms with E-state index in [4.69, 9.17) is 4.74 Å². The number of unbranched alkanes of at least 4 members (excludes halogenated alkanes) is 1. The zero-order valence-electron chi connectivity index (χ0n) is 13.0. The summed E-state index contributed by atoms with van der Waals surface area (Å²) in [7, 11) is 1.82. The first-order valence-electron chi connectivity index (χ1n) is 7.23. The predicted octanol–water partition coefficient (Wildman–Crippen LogP) is 3.12. The van der Waals surface area contributed by atoms with E-state index in [9.17, 15) is 4.79 Å². The number of hydrogen-bond acceptors (Lipinski definition) is 2. The minimum Gasteiger partial charge on any atom is -0.492 e. The maximum absolute atomic E-state index is 11.7. The molecular formula is C16H26N2O2. The Morgan fingerprint density at radius 2 is 1.90 bits per heavy atom. The fourth-order valence-corrected chi connectivity index (χ4v) is 1.97. The van der Waals surface area contributed by atoms with Crippen LogP contribution in [0.1, 0.15) is 30.9 Å². The van der Waals surface area contributed by atoms with Crippen molar-refractivity contribution >= 4 is 6.03 Å². The molecule has 0 aromatic heterocycles. The fourth-order valence-electron chi connectivity index (χ4n) is 1.97. The number of benzene rings is 1. The molecule has 0 saturated heterocycles. The summed E-state index contributed by atoms with van der Waals surface area (Å²) in [5.74, 6) is 0.857. The van der Waals surface area contributed by atoms with Crippen molar-refractivity contribution in [3.05, 3.63) is 29.3 Å². The third-order valence-corrected chi connectivity index (χ3v) is 3.04. The number of rotatable bonds is 7. The molecule has 0 atom stereocenters. The van der Waals surface area contributed by atoms with E-state index < -0.39 is 0 Å². The van der Waals surface area contributed by atoms with Gasteiger partial charge in [0.15, 0.2) is 0 Å². The number of aryl methyl sites for hydroxylation is 2. The molecule has 0 aliphatic rings. The highest BCUT2D eigenvalue weighted by Gasteiger charge is 2.06. The van der Waals surface area contributed by atoms with Gasteiger partial charge in [-0.25, -0.2) is 4.79 Å². The van der Waals surface area contributed by atoms with E-state index in [0.29, 0.717) is 13.2 Å². The number of nitrogens with zero attached hydrogens (tertiary/aromatic N) is 1. The fraction of sp³-hybridized carbons (Fsp3) is 0.562. The van der Waals surface area contributed by atoms with Gasteiger partial charge >= 0.3 is 6.03 Å². The lowest BCUT2D eigenvalue weighted by atomic mass is 10.1. The van der Waals surface area contributed by atoms with Crippen molar-refractivity contribution in [1.82, 2.24) is 10.2 Å². The van der Waals surface area contributed by atoms with Crippen molar-refractivity contribution in [3.8, 4) is 5.75 Å². The summed E-state index contributed by atoms with van der Waals surface area (Å²) in [6, 6.07) is 6.07. The highest BCUT2D eigenvalue weighted by molar-refractivity contribution is 5.73. The van der Waals surface area contributed by atoms with Crippen LogP contribution in [0.15, 0.2) is 18.2 Å². The Balaban J connectivity index is 2.25. The van der Waals surface area contributed by atoms with E-state index in [0.717, 1.165) is 25.1 Å². The third kappa shape index (κ3) is 5.95. The molecule has 0 saturated carbocycles. The molecule has 1 rings (SSSR count). The molecule has 2 amide bonds. The third-order valence-electron chi connectivity index (χ3n) is 3.04. The van der Waals surface area contributed by atoms with Gasteiger partial charge in [-0.3, -0.25) is 0 Å². The van der Waals surface area contributed by atoms with Gasteiger partial charge in [0.1, 0.15) is 12.4 Å². The van der Waals surface area contributed by atoms with Gasteiger partial charge in [-0.2, -0.15) is 0 Å². The number of carbonyl (C=O) groups excluding carboxylic acids is 1. The number of amides is 2. The smallest absolute Gasteiger partial charge is 0.317 e. The van der Waals surface area contributed by atoms with Crippen LogP contribution in [0, 0.1) is 13.8 Å². The van der Waals surface area contributed by atoms with Gasteiger partial charge in [-0.15, -0.1) is 0 Å². The summed E-state index contributed by atoms with van der Waals surface area (Å²) >= 11 is 0. The second-order valence-corrected chi connectivity index (χ2v) is 5.18. The molecule has 1 N–H and O–H groups in total. The van der Waals surface area contributed by atoms with E-state index in [1.54, 1.807) is 4.90 Å². The topological polar surface area (TPSA) is 41.6 Å². The zero-order chi connectivity index (χ0) is 15.0. The molecule has 0 bridgehead atoms. The van der Waals surface area contributed by atoms with E-state index >= 15 is 0 Å². The number of hydrogen-bond donors (Lipinski definition) is 1. The average molecular weight is 278 g/mol. The Bertz CT molecular complexity index is 412. The molecule has 4 nitrogen and oxygen atoms in total. The molecule has 0 fully saturated rings. The summed E-state index contributed by atoms with van der Waals surface area (Å²) < 4.78 is 5.65. The predicted molar refractivity (Wildman–Crippen MR) is 82.3 cm³/mol. The minimum atomic E-state index is -0.0394. The Labute approximate surface area is 122 Å². The van der Waals surface area contributed by atoms with Crippen LogP contribution in [0.5, 0.6) is 5.75 Å². The van der Waals surface area contributed by atoms with Gasteiger partial charge in [-0.05, 0) is 43.5 Å². The zero-order valence-corrected chi connectivity index (χ0v) is 13.0. The van der Waals surface area contributed by atoms with Gasteiger partial charge < -0.3 is 15.0 Å². The first-order chi connectivity index (χ1) is 9.52. The van der Waals surface area contributed by atoms with Crippen LogP contribution >= 0.6 is 0 Å². The monoisotopic (exact) mass is 278 g/mol. The van der Waals surface area contributed by atoms with Crippen molar-refractivity contribution in [2.24, 2.45) is 0 Å². The SMILES string of the molecule is CCCCN(C)C(=O)NCCOc1cc(C)cc(C)c1. The summed E-state index contributed by atoms with van der Waals surface area (Å²) in [6.45, 7) is 8.00. The van der Waals surface area contributed by atoms with Gasteiger partial charge in [0.25, 0.3) is 0 Å². The van der Waals surface area contributed by atoms with Gasteiger partial charge in [0.05, 0.1) is 6.54 Å². The second-order valence-electron chi connectivity index (χ2n) is 5.18. The molecule has 0 aliphatic heterocycles. The van der Waals surface area contributed by atoms with Crippen LogP contribution in [0.3, 0.4) is 0 Å². The molecule has 0 heterocycles. The average Bonchev–Trinajstić information content (AvgIpc) is 2.39. The molecule has 4 heteroatoms. The van der Waals surface area contributed by atoms with Crippen molar-refractivity contribution in [2.75, 3.05) is 26.7 Å². The van der Waals surface area contributed by atoms with Crippen molar-refractivity contribution in [1.29, 1.82) is 0 Å². The number of ether oxygens (including phenoxy) is 1. The first kappa shape index (κ1) is 16.3. The lowest BCUT2D eigenvalue weighted by Gasteiger charge is -2.17. The van der Waals surface area contributed by atoms with E-state index in [-0.39, 0.29) is 6.03 Å². The van der Waals surface area contributed by atoms with Crippen LogP contribution in [-0.4, -0.2) is 37.7 Å². The molecule has 0 aliphatic carbocycles. The number of carbonyl (C=O) groups is 1. The second kappa shape index (κ2) is 8.46. The summed E-state index contributed by atoms with van der Waals surface area (Å²) in [5.41, 5.74) is 2.37. The lowest BCUT2D eigenvalue weighted by Crippen LogP contribution is -2.39. The molecule has 0 spiro atoms. The standard InChI is InChI=1S/C16H26N2O2/c1-5-6-8-18(4)16(19)17-7-9-20-15-11-13(2)10-14(3)12-15/h10-12H,5-9H2,1-4H3,(H,17,19). The van der Waals surface area contributed by atoms with Crippen molar-refractivity contribution < 1.29 is 9.53 Å². The van der Waals surface area contributed by atoms with Crippen LogP contribution in [0.4, 0.5) is 4.79 Å². The molecule has 1 aromatic carbocycles. The van der Waals surface area contributed by atoms with Crippen molar-refractivity contribution in [3.63, 3.8) is 0 Å². The maximum atomic E-state index is 11.7. The largest absolute Gasteiger partial charge is 0.492 e. The summed E-state index contributed by atoms with van der Waals surface area (Å²) in [5, 5.41) is 2.85. The van der Waals surface area contributed by atoms with Gasteiger partial charge in [0.2, 0.25) is 0 Å². The van der Waals surface area contributed by atoms with E-state index in [1.165, 1.54) is 11.1 Å².